The molecule has 13 heavy (non-hydrogen) atoms. The monoisotopic (exact) mass is 185 g/mol. The topological polar surface area (TPSA) is 63.4 Å². The highest BCUT2D eigenvalue weighted by molar-refractivity contribution is 5.00. The molecule has 0 heterocycles. The number of hydrogen-bond donors (Lipinski definition) is 1. The lowest BCUT2D eigenvalue weighted by atomic mass is 9.77. The fraction of sp³-hybridized carbons (Fsp3) is 1.00. The molecule has 2 saturated carbocycles. The van der Waals surface area contributed by atoms with Gasteiger partial charge in [-0.15, -0.1) is 0 Å². The number of nitrogens with zero attached hydrogens (tertiary/aromatic N) is 1. The first kappa shape index (κ1) is 8.94. The van der Waals surface area contributed by atoms with Gasteiger partial charge in [-0.3, -0.25) is 10.1 Å². The summed E-state index contributed by atoms with van der Waals surface area (Å²) >= 11 is 0. The van der Waals surface area contributed by atoms with Gasteiger partial charge in [0.2, 0.25) is 6.54 Å². The van der Waals surface area contributed by atoms with E-state index in [0.717, 1.165) is 12.8 Å². The van der Waals surface area contributed by atoms with Crippen LogP contribution < -0.4 is 0 Å². The molecular weight excluding hydrogens is 170 g/mol. The molecule has 2 fully saturated rings. The van der Waals surface area contributed by atoms with E-state index in [1.165, 1.54) is 12.8 Å². The van der Waals surface area contributed by atoms with Gasteiger partial charge >= 0.3 is 0 Å². The van der Waals surface area contributed by atoms with Crippen molar-refractivity contribution in [2.75, 3.05) is 6.54 Å². The van der Waals surface area contributed by atoms with Crippen molar-refractivity contribution in [3.8, 4) is 0 Å². The second-order valence-corrected chi connectivity index (χ2v) is 4.72. The minimum atomic E-state index is -1.00. The molecule has 0 unspecified atom stereocenters. The average Bonchev–Trinajstić information content (AvgIpc) is 2.76. The highest BCUT2D eigenvalue weighted by Crippen LogP contribution is 2.57. The second-order valence-electron chi connectivity index (χ2n) is 4.72. The Balaban J connectivity index is 1.91. The van der Waals surface area contributed by atoms with E-state index in [2.05, 4.69) is 0 Å². The van der Waals surface area contributed by atoms with Crippen LogP contribution in [0.3, 0.4) is 0 Å². The van der Waals surface area contributed by atoms with Crippen molar-refractivity contribution in [3.63, 3.8) is 0 Å². The Kier molecular flexibility index (Phi) is 1.84. The van der Waals surface area contributed by atoms with Crippen molar-refractivity contribution in [3.05, 3.63) is 10.1 Å². The molecule has 0 amide bonds. The molecule has 4 heteroatoms. The molecule has 0 radical (unpaired) electrons. The summed E-state index contributed by atoms with van der Waals surface area (Å²) in [4.78, 5) is 9.90. The average molecular weight is 185 g/mol. The van der Waals surface area contributed by atoms with Crippen LogP contribution in [-0.4, -0.2) is 22.2 Å². The molecule has 2 aliphatic carbocycles. The molecule has 1 N–H and O–H groups in total. The zero-order valence-electron chi connectivity index (χ0n) is 7.66. The van der Waals surface area contributed by atoms with Gasteiger partial charge in [-0.05, 0) is 43.9 Å². The molecular formula is C9H15NO3. The highest BCUT2D eigenvalue weighted by Gasteiger charge is 2.50. The number of rotatable bonds is 2. The molecule has 4 nitrogen and oxygen atoms in total. The fourth-order valence-corrected chi connectivity index (χ4v) is 2.32. The summed E-state index contributed by atoms with van der Waals surface area (Å²) in [5.41, 5.74) is -0.514. The minimum Gasteiger partial charge on any atom is -0.383 e. The standard InChI is InChI=1S/C9H15NO3/c11-9(7-10(12)13)5-3-8(1-2-8)4-6-9/h11H,1-7H2. The fourth-order valence-electron chi connectivity index (χ4n) is 2.32. The van der Waals surface area contributed by atoms with Gasteiger partial charge in [0.05, 0.1) is 0 Å². The molecule has 0 aromatic heterocycles. The SMILES string of the molecule is O=[N+]([O-])CC1(O)CCC2(CC1)CC2. The smallest absolute Gasteiger partial charge is 0.232 e. The quantitative estimate of drug-likeness (QED) is 0.521. The third-order valence-electron chi connectivity index (χ3n) is 3.62. The van der Waals surface area contributed by atoms with Gasteiger partial charge in [-0.2, -0.15) is 0 Å². The van der Waals surface area contributed by atoms with Gasteiger partial charge in [0.25, 0.3) is 0 Å². The van der Waals surface area contributed by atoms with E-state index in [1.807, 2.05) is 0 Å². The lowest BCUT2D eigenvalue weighted by Gasteiger charge is -2.33. The lowest BCUT2D eigenvalue weighted by molar-refractivity contribution is -0.502. The van der Waals surface area contributed by atoms with Gasteiger partial charge in [-0.25, -0.2) is 0 Å². The minimum absolute atomic E-state index is 0.275. The third-order valence-corrected chi connectivity index (χ3v) is 3.62. The Bertz CT molecular complexity index is 225. The first-order valence-electron chi connectivity index (χ1n) is 4.88. The summed E-state index contributed by atoms with van der Waals surface area (Å²) < 4.78 is 0. The molecule has 0 aliphatic heterocycles. The number of nitro groups is 1. The predicted molar refractivity (Wildman–Crippen MR) is 46.9 cm³/mol. The van der Waals surface area contributed by atoms with Gasteiger partial charge in [0, 0.05) is 4.92 Å². The van der Waals surface area contributed by atoms with Crippen LogP contribution in [0, 0.1) is 15.5 Å². The van der Waals surface area contributed by atoms with E-state index in [1.54, 1.807) is 0 Å². The summed E-state index contributed by atoms with van der Waals surface area (Å²) in [5, 5.41) is 20.2. The Morgan fingerprint density at radius 1 is 1.15 bits per heavy atom. The first-order valence-corrected chi connectivity index (χ1v) is 4.88. The van der Waals surface area contributed by atoms with Gasteiger partial charge in [0.1, 0.15) is 5.60 Å². The summed E-state index contributed by atoms with van der Waals surface area (Å²) in [7, 11) is 0. The van der Waals surface area contributed by atoms with Gasteiger partial charge in [0.15, 0.2) is 0 Å². The number of hydrogen-bond acceptors (Lipinski definition) is 3. The maximum Gasteiger partial charge on any atom is 0.232 e. The summed E-state index contributed by atoms with van der Waals surface area (Å²) in [6, 6.07) is 0. The normalized spacial score (nSPS) is 28.7. The lowest BCUT2D eigenvalue weighted by Crippen LogP contribution is -2.41. The van der Waals surface area contributed by atoms with Crippen molar-refractivity contribution >= 4 is 0 Å². The van der Waals surface area contributed by atoms with Crippen LogP contribution in [0.5, 0.6) is 0 Å². The largest absolute Gasteiger partial charge is 0.383 e. The third kappa shape index (κ3) is 1.82. The highest BCUT2D eigenvalue weighted by atomic mass is 16.6. The molecule has 0 saturated heterocycles. The Morgan fingerprint density at radius 2 is 1.62 bits per heavy atom. The van der Waals surface area contributed by atoms with Crippen LogP contribution in [0.1, 0.15) is 38.5 Å². The van der Waals surface area contributed by atoms with E-state index in [4.69, 9.17) is 0 Å². The van der Waals surface area contributed by atoms with Crippen LogP contribution in [-0.2, 0) is 0 Å². The maximum absolute atomic E-state index is 10.3. The molecule has 1 spiro atoms. The zero-order chi connectivity index (χ0) is 9.53. The van der Waals surface area contributed by atoms with E-state index in [-0.39, 0.29) is 6.54 Å². The van der Waals surface area contributed by atoms with Crippen LogP contribution in [0.15, 0.2) is 0 Å². The van der Waals surface area contributed by atoms with Crippen molar-refractivity contribution in [2.45, 2.75) is 44.1 Å². The Morgan fingerprint density at radius 3 is 2.00 bits per heavy atom. The molecule has 0 aromatic rings. The zero-order valence-corrected chi connectivity index (χ0v) is 7.66. The van der Waals surface area contributed by atoms with Gasteiger partial charge < -0.3 is 5.11 Å². The molecule has 0 bridgehead atoms. The summed E-state index contributed by atoms with van der Waals surface area (Å²) in [5.74, 6) is 0. The van der Waals surface area contributed by atoms with Crippen molar-refractivity contribution < 1.29 is 10.0 Å². The first-order chi connectivity index (χ1) is 6.04. The van der Waals surface area contributed by atoms with Crippen molar-refractivity contribution in [1.29, 1.82) is 0 Å². The van der Waals surface area contributed by atoms with Crippen molar-refractivity contribution in [2.24, 2.45) is 5.41 Å². The predicted octanol–water partition coefficient (Wildman–Crippen LogP) is 1.35. The van der Waals surface area contributed by atoms with E-state index >= 15 is 0 Å². The summed E-state index contributed by atoms with van der Waals surface area (Å²) in [6.07, 6.45) is 5.74. The number of aliphatic hydroxyl groups is 1. The molecule has 2 rings (SSSR count). The molecule has 0 atom stereocenters. The van der Waals surface area contributed by atoms with Crippen LogP contribution in [0.2, 0.25) is 0 Å². The van der Waals surface area contributed by atoms with Crippen LogP contribution >= 0.6 is 0 Å². The van der Waals surface area contributed by atoms with E-state index in [9.17, 15) is 15.2 Å². The van der Waals surface area contributed by atoms with Crippen molar-refractivity contribution in [1.82, 2.24) is 0 Å². The summed E-state index contributed by atoms with van der Waals surface area (Å²) in [6.45, 7) is -0.275. The van der Waals surface area contributed by atoms with E-state index < -0.39 is 10.5 Å². The Labute approximate surface area is 77.1 Å². The Hall–Kier alpha value is -0.640. The van der Waals surface area contributed by atoms with E-state index in [0.29, 0.717) is 18.3 Å². The second kappa shape index (κ2) is 2.67. The maximum atomic E-state index is 10.3. The van der Waals surface area contributed by atoms with Gasteiger partial charge in [-0.1, -0.05) is 0 Å². The molecule has 74 valence electrons. The van der Waals surface area contributed by atoms with Crippen LogP contribution in [0.4, 0.5) is 0 Å². The molecule has 0 aromatic carbocycles. The molecule has 2 aliphatic rings. The van der Waals surface area contributed by atoms with Crippen LogP contribution in [0.25, 0.3) is 0 Å².